The highest BCUT2D eigenvalue weighted by Crippen LogP contribution is 2.30. The number of ether oxygens (including phenoxy) is 1. The first-order valence-electron chi connectivity index (χ1n) is 5.73. The Bertz CT molecular complexity index is 392. The standard InChI is InChI=1S/C14H20O2/c1-6-13(15)12-8-11(9(2)3)14(16-5)7-10(12)4/h7-9H,6H2,1-5H3. The van der Waals surface area contributed by atoms with E-state index < -0.39 is 0 Å². The molecule has 88 valence electrons. The van der Waals surface area contributed by atoms with E-state index in [1.165, 1.54) is 0 Å². The van der Waals surface area contributed by atoms with Crippen LogP contribution in [0.2, 0.25) is 0 Å². The van der Waals surface area contributed by atoms with Crippen LogP contribution in [-0.4, -0.2) is 12.9 Å². The maximum atomic E-state index is 11.8. The summed E-state index contributed by atoms with van der Waals surface area (Å²) < 4.78 is 5.34. The molecule has 0 amide bonds. The molecule has 0 unspecified atom stereocenters. The van der Waals surface area contributed by atoms with E-state index in [0.717, 1.165) is 22.4 Å². The summed E-state index contributed by atoms with van der Waals surface area (Å²) >= 11 is 0. The number of hydrogen-bond donors (Lipinski definition) is 0. The van der Waals surface area contributed by atoms with E-state index in [4.69, 9.17) is 4.74 Å². The van der Waals surface area contributed by atoms with Crippen LogP contribution < -0.4 is 4.74 Å². The Labute approximate surface area is 97.6 Å². The van der Waals surface area contributed by atoms with Crippen molar-refractivity contribution in [1.82, 2.24) is 0 Å². The van der Waals surface area contributed by atoms with Crippen molar-refractivity contribution >= 4 is 5.78 Å². The van der Waals surface area contributed by atoms with Gasteiger partial charge in [-0.1, -0.05) is 20.8 Å². The molecule has 0 saturated heterocycles. The van der Waals surface area contributed by atoms with Crippen LogP contribution in [0.15, 0.2) is 12.1 Å². The first-order valence-corrected chi connectivity index (χ1v) is 5.73. The van der Waals surface area contributed by atoms with Crippen molar-refractivity contribution in [1.29, 1.82) is 0 Å². The molecule has 0 atom stereocenters. The van der Waals surface area contributed by atoms with Crippen molar-refractivity contribution in [3.05, 3.63) is 28.8 Å². The second-order valence-corrected chi connectivity index (χ2v) is 4.34. The lowest BCUT2D eigenvalue weighted by atomic mass is 9.94. The number of Topliss-reactive ketones (excluding diaryl/α,β-unsaturated/α-hetero) is 1. The summed E-state index contributed by atoms with van der Waals surface area (Å²) in [5.74, 6) is 1.43. The molecule has 1 aromatic carbocycles. The molecule has 1 aromatic rings. The molecule has 2 nitrogen and oxygen atoms in total. The first kappa shape index (κ1) is 12.8. The zero-order valence-electron chi connectivity index (χ0n) is 10.8. The molecule has 0 heterocycles. The van der Waals surface area contributed by atoms with E-state index in [9.17, 15) is 4.79 Å². The topological polar surface area (TPSA) is 26.3 Å². The summed E-state index contributed by atoms with van der Waals surface area (Å²) in [7, 11) is 1.67. The lowest BCUT2D eigenvalue weighted by Crippen LogP contribution is -2.04. The van der Waals surface area contributed by atoms with E-state index in [-0.39, 0.29) is 5.78 Å². The summed E-state index contributed by atoms with van der Waals surface area (Å²) in [5, 5.41) is 0. The second-order valence-electron chi connectivity index (χ2n) is 4.34. The summed E-state index contributed by atoms with van der Waals surface area (Å²) in [6, 6.07) is 3.93. The Hall–Kier alpha value is -1.31. The molecule has 0 aliphatic carbocycles. The van der Waals surface area contributed by atoms with Gasteiger partial charge >= 0.3 is 0 Å². The number of hydrogen-bond acceptors (Lipinski definition) is 2. The lowest BCUT2D eigenvalue weighted by molar-refractivity contribution is 0.0987. The SMILES string of the molecule is CCC(=O)c1cc(C(C)C)c(OC)cc1C. The van der Waals surface area contributed by atoms with Gasteiger partial charge in [0, 0.05) is 12.0 Å². The van der Waals surface area contributed by atoms with Crippen LogP contribution in [0.25, 0.3) is 0 Å². The van der Waals surface area contributed by atoms with Crippen molar-refractivity contribution in [3.8, 4) is 5.75 Å². The zero-order chi connectivity index (χ0) is 12.3. The Balaban J connectivity index is 3.33. The molecule has 16 heavy (non-hydrogen) atoms. The smallest absolute Gasteiger partial charge is 0.162 e. The Morgan fingerprint density at radius 3 is 2.44 bits per heavy atom. The summed E-state index contributed by atoms with van der Waals surface area (Å²) in [6.45, 7) is 8.05. The zero-order valence-corrected chi connectivity index (χ0v) is 10.8. The van der Waals surface area contributed by atoms with E-state index in [0.29, 0.717) is 12.3 Å². The molecule has 1 rings (SSSR count). The van der Waals surface area contributed by atoms with Gasteiger partial charge in [0.1, 0.15) is 5.75 Å². The maximum Gasteiger partial charge on any atom is 0.162 e. The fourth-order valence-electron chi connectivity index (χ4n) is 1.82. The van der Waals surface area contributed by atoms with Gasteiger partial charge in [0.15, 0.2) is 5.78 Å². The minimum absolute atomic E-state index is 0.196. The number of carbonyl (C=O) groups excluding carboxylic acids is 1. The monoisotopic (exact) mass is 220 g/mol. The van der Waals surface area contributed by atoms with Crippen LogP contribution >= 0.6 is 0 Å². The van der Waals surface area contributed by atoms with Gasteiger partial charge in [-0.15, -0.1) is 0 Å². The van der Waals surface area contributed by atoms with Crippen LogP contribution in [0.5, 0.6) is 5.75 Å². The molecular weight excluding hydrogens is 200 g/mol. The summed E-state index contributed by atoms with van der Waals surface area (Å²) in [4.78, 5) is 11.8. The highest BCUT2D eigenvalue weighted by molar-refractivity contribution is 5.97. The number of ketones is 1. The molecule has 0 spiro atoms. The van der Waals surface area contributed by atoms with Gasteiger partial charge in [-0.3, -0.25) is 4.79 Å². The van der Waals surface area contributed by atoms with Crippen molar-refractivity contribution in [2.45, 2.75) is 40.0 Å². The molecule has 2 heteroatoms. The molecule has 0 saturated carbocycles. The minimum Gasteiger partial charge on any atom is -0.496 e. The van der Waals surface area contributed by atoms with Gasteiger partial charge in [0.05, 0.1) is 7.11 Å². The van der Waals surface area contributed by atoms with Crippen molar-refractivity contribution < 1.29 is 9.53 Å². The number of carbonyl (C=O) groups is 1. The first-order chi connectivity index (χ1) is 7.51. The molecule has 0 aliphatic rings. The summed E-state index contributed by atoms with van der Waals surface area (Å²) in [5.41, 5.74) is 2.92. The molecule has 0 N–H and O–H groups in total. The van der Waals surface area contributed by atoms with Gasteiger partial charge < -0.3 is 4.74 Å². The molecular formula is C14H20O2. The van der Waals surface area contributed by atoms with E-state index in [1.54, 1.807) is 7.11 Å². The summed E-state index contributed by atoms with van der Waals surface area (Å²) in [6.07, 6.45) is 0.546. The van der Waals surface area contributed by atoms with Crippen molar-refractivity contribution in [2.24, 2.45) is 0 Å². The van der Waals surface area contributed by atoms with E-state index >= 15 is 0 Å². The highest BCUT2D eigenvalue weighted by Gasteiger charge is 2.14. The third-order valence-electron chi connectivity index (χ3n) is 2.82. The average molecular weight is 220 g/mol. The molecule has 0 aliphatic heterocycles. The van der Waals surface area contributed by atoms with Crippen LogP contribution in [0.4, 0.5) is 0 Å². The van der Waals surface area contributed by atoms with Gasteiger partial charge in [-0.25, -0.2) is 0 Å². The molecule has 0 aromatic heterocycles. The fraction of sp³-hybridized carbons (Fsp3) is 0.500. The highest BCUT2D eigenvalue weighted by atomic mass is 16.5. The number of aryl methyl sites for hydroxylation is 1. The molecule has 0 bridgehead atoms. The molecule has 0 fully saturated rings. The Kier molecular flexibility index (Phi) is 4.11. The maximum absolute atomic E-state index is 11.8. The number of rotatable bonds is 4. The van der Waals surface area contributed by atoms with Crippen LogP contribution in [-0.2, 0) is 0 Å². The fourth-order valence-corrected chi connectivity index (χ4v) is 1.82. The van der Waals surface area contributed by atoms with Crippen molar-refractivity contribution in [3.63, 3.8) is 0 Å². The normalized spacial score (nSPS) is 10.6. The molecule has 0 radical (unpaired) electrons. The van der Waals surface area contributed by atoms with E-state index in [1.807, 2.05) is 26.0 Å². The van der Waals surface area contributed by atoms with E-state index in [2.05, 4.69) is 13.8 Å². The van der Waals surface area contributed by atoms with Crippen LogP contribution in [0.1, 0.15) is 54.6 Å². The Morgan fingerprint density at radius 2 is 2.00 bits per heavy atom. The van der Waals surface area contributed by atoms with Gasteiger partial charge in [0.25, 0.3) is 0 Å². The van der Waals surface area contributed by atoms with Gasteiger partial charge in [0.2, 0.25) is 0 Å². The predicted molar refractivity (Wildman–Crippen MR) is 66.4 cm³/mol. The van der Waals surface area contributed by atoms with Crippen LogP contribution in [0, 0.1) is 6.92 Å². The third kappa shape index (κ3) is 2.43. The number of methoxy groups -OCH3 is 1. The Morgan fingerprint density at radius 1 is 1.38 bits per heavy atom. The minimum atomic E-state index is 0.196. The van der Waals surface area contributed by atoms with Crippen molar-refractivity contribution in [2.75, 3.05) is 7.11 Å². The quantitative estimate of drug-likeness (QED) is 0.723. The third-order valence-corrected chi connectivity index (χ3v) is 2.82. The largest absolute Gasteiger partial charge is 0.496 e. The lowest BCUT2D eigenvalue weighted by Gasteiger charge is -2.15. The van der Waals surface area contributed by atoms with Crippen LogP contribution in [0.3, 0.4) is 0 Å². The second kappa shape index (κ2) is 5.15. The average Bonchev–Trinajstić information content (AvgIpc) is 2.27. The van der Waals surface area contributed by atoms with Gasteiger partial charge in [-0.2, -0.15) is 0 Å². The predicted octanol–water partition coefficient (Wildman–Crippen LogP) is 3.72. The number of benzene rings is 1. The van der Waals surface area contributed by atoms with Gasteiger partial charge in [-0.05, 0) is 36.1 Å².